The average Bonchev–Trinajstić information content (AvgIpc) is 3.32. The first-order valence-electron chi connectivity index (χ1n) is 9.02. The van der Waals surface area contributed by atoms with E-state index in [1.54, 1.807) is 0 Å². The quantitative estimate of drug-likeness (QED) is 0.263. The Labute approximate surface area is 168 Å². The molecule has 1 heterocycles. The third-order valence-corrected chi connectivity index (χ3v) is 4.41. The minimum absolute atomic E-state index is 0. The highest BCUT2D eigenvalue weighted by molar-refractivity contribution is 14.0. The minimum atomic E-state index is 0. The Bertz CT molecular complexity index is 524. The molecule has 7 heteroatoms. The molecule has 0 saturated heterocycles. The van der Waals surface area contributed by atoms with E-state index in [4.69, 9.17) is 14.3 Å². The minimum Gasteiger partial charge on any atom is -0.379 e. The molecular formula is C18H33IN4O2. The normalized spacial score (nSPS) is 15.6. The zero-order valence-electron chi connectivity index (χ0n) is 16.2. The van der Waals surface area contributed by atoms with Crippen molar-refractivity contribution in [1.29, 1.82) is 0 Å². The summed E-state index contributed by atoms with van der Waals surface area (Å²) in [5.74, 6) is 2.91. The molecule has 0 radical (unpaired) electrons. The summed E-state index contributed by atoms with van der Waals surface area (Å²) in [6.45, 7) is 12.3. The van der Waals surface area contributed by atoms with Crippen LogP contribution < -0.4 is 5.32 Å². The number of hydrogen-bond acceptors (Lipinski definition) is 4. The van der Waals surface area contributed by atoms with E-state index >= 15 is 0 Å². The van der Waals surface area contributed by atoms with Gasteiger partial charge in [-0.1, -0.05) is 12.1 Å². The number of ether oxygens (including phenoxy) is 1. The number of aliphatic imine (C=N–C) groups is 1. The summed E-state index contributed by atoms with van der Waals surface area (Å²) in [4.78, 5) is 6.92. The van der Waals surface area contributed by atoms with E-state index in [9.17, 15) is 0 Å². The molecule has 1 fully saturated rings. The number of likely N-dealkylation sites (N-methyl/N-ethyl adjacent to an activating group) is 1. The van der Waals surface area contributed by atoms with Gasteiger partial charge in [-0.25, -0.2) is 0 Å². The van der Waals surface area contributed by atoms with Crippen molar-refractivity contribution >= 4 is 29.9 Å². The predicted octanol–water partition coefficient (Wildman–Crippen LogP) is 3.34. The summed E-state index contributed by atoms with van der Waals surface area (Å²) in [6.07, 6.45) is 2.67. The maximum atomic E-state index is 5.73. The number of nitrogens with one attached hydrogen (secondary N) is 1. The molecular weight excluding hydrogens is 431 g/mol. The molecule has 0 amide bonds. The topological polar surface area (TPSA) is 62.9 Å². The van der Waals surface area contributed by atoms with Gasteiger partial charge in [-0.3, -0.25) is 4.99 Å². The van der Waals surface area contributed by atoms with Crippen LogP contribution in [0.5, 0.6) is 0 Å². The van der Waals surface area contributed by atoms with Gasteiger partial charge in [0.1, 0.15) is 5.76 Å². The van der Waals surface area contributed by atoms with Crippen LogP contribution in [0.1, 0.15) is 49.6 Å². The van der Waals surface area contributed by atoms with E-state index in [0.29, 0.717) is 6.54 Å². The molecule has 0 bridgehead atoms. The maximum absolute atomic E-state index is 5.73. The van der Waals surface area contributed by atoms with E-state index in [2.05, 4.69) is 36.3 Å². The molecule has 0 aromatic carbocycles. The van der Waals surface area contributed by atoms with Gasteiger partial charge in [0.15, 0.2) is 5.96 Å². The Morgan fingerprint density at radius 3 is 2.72 bits per heavy atom. The molecule has 1 aliphatic rings. The zero-order valence-corrected chi connectivity index (χ0v) is 18.5. The summed E-state index contributed by atoms with van der Waals surface area (Å²) in [7, 11) is 2.06. The number of guanidine groups is 1. The van der Waals surface area contributed by atoms with Gasteiger partial charge in [0, 0.05) is 44.8 Å². The van der Waals surface area contributed by atoms with Gasteiger partial charge in [0.25, 0.3) is 0 Å². The van der Waals surface area contributed by atoms with Crippen LogP contribution in [0.2, 0.25) is 0 Å². The number of nitrogens with zero attached hydrogens (tertiary/aromatic N) is 3. The van der Waals surface area contributed by atoms with Crippen LogP contribution in [0.3, 0.4) is 0 Å². The van der Waals surface area contributed by atoms with Gasteiger partial charge < -0.3 is 19.5 Å². The monoisotopic (exact) mass is 464 g/mol. The van der Waals surface area contributed by atoms with Crippen molar-refractivity contribution in [2.75, 3.05) is 39.9 Å². The van der Waals surface area contributed by atoms with Crippen molar-refractivity contribution in [3.63, 3.8) is 0 Å². The Kier molecular flexibility index (Phi) is 9.78. The van der Waals surface area contributed by atoms with Gasteiger partial charge in [-0.2, -0.15) is 0 Å². The van der Waals surface area contributed by atoms with Crippen molar-refractivity contribution in [3.05, 3.63) is 17.0 Å². The number of aryl methyl sites for hydroxylation is 2. The highest BCUT2D eigenvalue weighted by Gasteiger charge is 2.21. The Balaban J connectivity index is 0.00000312. The Morgan fingerprint density at radius 1 is 1.44 bits per heavy atom. The standard InChI is InChI=1S/C18H32N4O2.HI/c1-6-19-18(22(5)9-10-23-12-16-7-8-16)20-11-13(2)17-14(3)21-24-15(17)4;/h13,16H,6-12H2,1-5H3,(H,19,20);1H. The summed E-state index contributed by atoms with van der Waals surface area (Å²) >= 11 is 0. The molecule has 1 saturated carbocycles. The third-order valence-electron chi connectivity index (χ3n) is 4.41. The molecule has 6 nitrogen and oxygen atoms in total. The highest BCUT2D eigenvalue weighted by atomic mass is 127. The van der Waals surface area contributed by atoms with Crippen molar-refractivity contribution in [1.82, 2.24) is 15.4 Å². The molecule has 1 aliphatic carbocycles. The first kappa shape index (κ1) is 22.2. The fourth-order valence-corrected chi connectivity index (χ4v) is 2.82. The van der Waals surface area contributed by atoms with Crippen molar-refractivity contribution in [3.8, 4) is 0 Å². The van der Waals surface area contributed by atoms with E-state index in [1.807, 2.05) is 13.8 Å². The van der Waals surface area contributed by atoms with Crippen LogP contribution in [0.4, 0.5) is 0 Å². The molecule has 25 heavy (non-hydrogen) atoms. The van der Waals surface area contributed by atoms with Crippen LogP contribution in [0, 0.1) is 19.8 Å². The third kappa shape index (κ3) is 7.13. The Hall–Kier alpha value is -0.830. The number of hydrogen-bond donors (Lipinski definition) is 1. The molecule has 2 rings (SSSR count). The summed E-state index contributed by atoms with van der Waals surface area (Å²) in [5.41, 5.74) is 2.13. The highest BCUT2D eigenvalue weighted by Crippen LogP contribution is 2.28. The summed E-state index contributed by atoms with van der Waals surface area (Å²) < 4.78 is 11.0. The number of aromatic nitrogens is 1. The second-order valence-electron chi connectivity index (χ2n) is 6.77. The second-order valence-corrected chi connectivity index (χ2v) is 6.77. The lowest BCUT2D eigenvalue weighted by molar-refractivity contribution is 0.115. The van der Waals surface area contributed by atoms with Crippen molar-refractivity contribution in [2.45, 2.75) is 46.5 Å². The lowest BCUT2D eigenvalue weighted by atomic mass is 10.00. The first-order chi connectivity index (χ1) is 11.5. The van der Waals surface area contributed by atoms with Crippen LogP contribution in [-0.2, 0) is 4.74 Å². The lowest BCUT2D eigenvalue weighted by Crippen LogP contribution is -2.40. The van der Waals surface area contributed by atoms with E-state index in [-0.39, 0.29) is 29.9 Å². The van der Waals surface area contributed by atoms with Crippen LogP contribution in [0.25, 0.3) is 0 Å². The van der Waals surface area contributed by atoms with E-state index < -0.39 is 0 Å². The van der Waals surface area contributed by atoms with E-state index in [1.165, 1.54) is 18.4 Å². The largest absolute Gasteiger partial charge is 0.379 e. The smallest absolute Gasteiger partial charge is 0.193 e. The number of halogens is 1. The van der Waals surface area contributed by atoms with Crippen molar-refractivity contribution < 1.29 is 9.26 Å². The molecule has 1 N–H and O–H groups in total. The molecule has 1 aromatic heterocycles. The molecule has 1 aromatic rings. The van der Waals surface area contributed by atoms with Crippen molar-refractivity contribution in [2.24, 2.45) is 10.9 Å². The zero-order chi connectivity index (χ0) is 17.5. The molecule has 0 spiro atoms. The SMILES string of the molecule is CCNC(=NCC(C)c1c(C)noc1C)N(C)CCOCC1CC1.I. The van der Waals surface area contributed by atoms with Crippen LogP contribution in [0.15, 0.2) is 9.52 Å². The predicted molar refractivity (Wildman–Crippen MR) is 112 cm³/mol. The fraction of sp³-hybridized carbons (Fsp3) is 0.778. The van der Waals surface area contributed by atoms with Gasteiger partial charge in [-0.05, 0) is 39.5 Å². The molecule has 1 unspecified atom stereocenters. The van der Waals surface area contributed by atoms with Gasteiger partial charge >= 0.3 is 0 Å². The Morgan fingerprint density at radius 2 is 2.16 bits per heavy atom. The first-order valence-corrected chi connectivity index (χ1v) is 9.02. The van der Waals surface area contributed by atoms with Gasteiger partial charge in [-0.15, -0.1) is 24.0 Å². The molecule has 0 aliphatic heterocycles. The molecule has 1 atom stereocenters. The maximum Gasteiger partial charge on any atom is 0.193 e. The second kappa shape index (κ2) is 11.0. The van der Waals surface area contributed by atoms with Gasteiger partial charge in [0.05, 0.1) is 12.3 Å². The number of rotatable bonds is 9. The van der Waals surface area contributed by atoms with Crippen LogP contribution in [-0.4, -0.2) is 55.9 Å². The van der Waals surface area contributed by atoms with Gasteiger partial charge in [0.2, 0.25) is 0 Å². The summed E-state index contributed by atoms with van der Waals surface area (Å²) in [6, 6.07) is 0. The van der Waals surface area contributed by atoms with E-state index in [0.717, 1.165) is 49.6 Å². The fourth-order valence-electron chi connectivity index (χ4n) is 2.82. The molecule has 144 valence electrons. The average molecular weight is 464 g/mol. The lowest BCUT2D eigenvalue weighted by Gasteiger charge is -2.22. The summed E-state index contributed by atoms with van der Waals surface area (Å²) in [5, 5.41) is 7.39. The van der Waals surface area contributed by atoms with Crippen LogP contribution >= 0.6 is 24.0 Å².